The lowest BCUT2D eigenvalue weighted by atomic mass is 9.91. The van der Waals surface area contributed by atoms with Crippen molar-refractivity contribution < 1.29 is 18.7 Å². The molecule has 44 heavy (non-hydrogen) atoms. The van der Waals surface area contributed by atoms with Crippen molar-refractivity contribution in [2.75, 3.05) is 0 Å². The molecule has 1 radical (unpaired) electrons. The Morgan fingerprint density at radius 2 is 1.68 bits per heavy atom. The van der Waals surface area contributed by atoms with E-state index >= 15 is 0 Å². The van der Waals surface area contributed by atoms with Crippen LogP contribution in [0.15, 0.2) is 66.9 Å². The number of benzene rings is 2. The summed E-state index contributed by atoms with van der Waals surface area (Å²) in [7, 11) is 0. The molecule has 227 valence electrons. The lowest BCUT2D eigenvalue weighted by Gasteiger charge is -2.29. The van der Waals surface area contributed by atoms with E-state index < -0.39 is 11.7 Å². The number of hydrogen-bond acceptors (Lipinski definition) is 5. The third-order valence-corrected chi connectivity index (χ3v) is 8.41. The van der Waals surface area contributed by atoms with Gasteiger partial charge in [0, 0.05) is 24.3 Å². The van der Waals surface area contributed by atoms with E-state index in [-0.39, 0.29) is 29.4 Å². The molecule has 6 rings (SSSR count). The first kappa shape index (κ1) is 29.5. The van der Waals surface area contributed by atoms with Crippen molar-refractivity contribution in [3.05, 3.63) is 102 Å². The lowest BCUT2D eigenvalue weighted by molar-refractivity contribution is 0.0887. The summed E-state index contributed by atoms with van der Waals surface area (Å²) in [5, 5.41) is 10.6. The number of carbonyl (C=O) groups excluding carboxylic acids is 2. The van der Waals surface area contributed by atoms with Crippen LogP contribution >= 0.6 is 0 Å². The largest absolute Gasteiger partial charge is 0.438 e. The van der Waals surface area contributed by atoms with Gasteiger partial charge in [-0.15, -0.1) is 0 Å². The first-order valence-corrected chi connectivity index (χ1v) is 15.5. The number of hydrogen-bond donors (Lipinski definition) is 2. The number of rotatable bonds is 9. The highest BCUT2D eigenvalue weighted by molar-refractivity contribution is 5.96. The Kier molecular flexibility index (Phi) is 9.00. The number of aromatic nitrogens is 3. The van der Waals surface area contributed by atoms with Gasteiger partial charge in [0.2, 0.25) is 5.88 Å². The van der Waals surface area contributed by atoms with Crippen LogP contribution in [0.2, 0.25) is 0 Å². The topological polar surface area (TPSA) is 98.1 Å². The zero-order valence-corrected chi connectivity index (χ0v) is 24.7. The Morgan fingerprint density at radius 3 is 2.41 bits per heavy atom. The number of ether oxygens (including phenoxy) is 1. The molecule has 2 aliphatic rings. The fourth-order valence-electron chi connectivity index (χ4n) is 6.02. The van der Waals surface area contributed by atoms with Gasteiger partial charge >= 0.3 is 0 Å². The highest BCUT2D eigenvalue weighted by atomic mass is 19.1. The Bertz CT molecular complexity index is 1600. The highest BCUT2D eigenvalue weighted by Gasteiger charge is 2.27. The van der Waals surface area contributed by atoms with Crippen LogP contribution in [0, 0.1) is 12.7 Å². The number of amides is 2. The molecule has 1 aliphatic carbocycles. The van der Waals surface area contributed by atoms with Crippen LogP contribution in [0.5, 0.6) is 11.6 Å². The van der Waals surface area contributed by atoms with Gasteiger partial charge in [0.15, 0.2) is 0 Å². The smallest absolute Gasteiger partial charge is 0.272 e. The average Bonchev–Trinajstić information content (AvgIpc) is 3.48. The minimum absolute atomic E-state index is 0.0104. The van der Waals surface area contributed by atoms with Crippen LogP contribution in [0.3, 0.4) is 0 Å². The van der Waals surface area contributed by atoms with Crippen molar-refractivity contribution >= 4 is 11.8 Å². The molecule has 8 nitrogen and oxygen atoms in total. The molecule has 0 saturated heterocycles. The van der Waals surface area contributed by atoms with Crippen LogP contribution in [0.4, 0.5) is 4.39 Å². The molecule has 0 bridgehead atoms. The van der Waals surface area contributed by atoms with E-state index in [0.29, 0.717) is 24.3 Å². The van der Waals surface area contributed by atoms with E-state index in [0.717, 1.165) is 80.6 Å². The number of aryl methyl sites for hydroxylation is 3. The predicted octanol–water partition coefficient (Wildman–Crippen LogP) is 6.45. The van der Waals surface area contributed by atoms with Gasteiger partial charge in [0.05, 0.1) is 6.20 Å². The summed E-state index contributed by atoms with van der Waals surface area (Å²) in [5.41, 5.74) is 4.83. The van der Waals surface area contributed by atoms with Gasteiger partial charge < -0.3 is 15.4 Å². The molecule has 9 heteroatoms. The number of halogens is 1. The van der Waals surface area contributed by atoms with E-state index in [4.69, 9.17) is 4.74 Å². The molecule has 0 spiro atoms. The van der Waals surface area contributed by atoms with E-state index in [9.17, 15) is 14.0 Å². The average molecular weight is 595 g/mol. The minimum atomic E-state index is -0.619. The molecule has 2 aromatic heterocycles. The number of nitrogens with zero attached hydrogens (tertiary/aromatic N) is 3. The van der Waals surface area contributed by atoms with Gasteiger partial charge in [-0.3, -0.25) is 14.3 Å². The molecule has 0 unspecified atom stereocenters. The molecule has 1 saturated carbocycles. The third-order valence-electron chi connectivity index (χ3n) is 8.41. The zero-order valence-electron chi connectivity index (χ0n) is 24.7. The van der Waals surface area contributed by atoms with Gasteiger partial charge in [-0.05, 0) is 98.7 Å². The van der Waals surface area contributed by atoms with Crippen LogP contribution in [0.25, 0.3) is 11.1 Å². The van der Waals surface area contributed by atoms with Gasteiger partial charge in [-0.25, -0.2) is 9.37 Å². The predicted molar refractivity (Wildman–Crippen MR) is 166 cm³/mol. The fourth-order valence-corrected chi connectivity index (χ4v) is 6.02. The molecule has 0 atom stereocenters. The summed E-state index contributed by atoms with van der Waals surface area (Å²) in [6.45, 7) is 4.77. The van der Waals surface area contributed by atoms with E-state index in [1.807, 2.05) is 28.9 Å². The Labute approximate surface area is 257 Å². The Balaban J connectivity index is 1.06. The quantitative estimate of drug-likeness (QED) is 0.232. The summed E-state index contributed by atoms with van der Waals surface area (Å²) >= 11 is 0. The molecular formula is C35H37FN5O3. The van der Waals surface area contributed by atoms with Crippen molar-refractivity contribution in [3.63, 3.8) is 0 Å². The van der Waals surface area contributed by atoms with Gasteiger partial charge in [-0.2, -0.15) is 5.10 Å². The molecule has 2 aromatic carbocycles. The van der Waals surface area contributed by atoms with Crippen molar-refractivity contribution in [2.24, 2.45) is 0 Å². The summed E-state index contributed by atoms with van der Waals surface area (Å²) in [6.07, 6.45) is 8.80. The van der Waals surface area contributed by atoms with Gasteiger partial charge in [0.1, 0.15) is 22.8 Å². The summed E-state index contributed by atoms with van der Waals surface area (Å²) in [6, 6.07) is 18.7. The van der Waals surface area contributed by atoms with Crippen LogP contribution in [-0.2, 0) is 19.4 Å². The Morgan fingerprint density at radius 1 is 0.932 bits per heavy atom. The van der Waals surface area contributed by atoms with Crippen LogP contribution in [-0.4, -0.2) is 38.7 Å². The van der Waals surface area contributed by atoms with Crippen molar-refractivity contribution in [1.29, 1.82) is 0 Å². The summed E-state index contributed by atoms with van der Waals surface area (Å²) < 4.78 is 22.2. The fraction of sp³-hybridized carbons (Fsp3) is 0.343. The number of pyridine rings is 1. The molecule has 1 aliphatic heterocycles. The van der Waals surface area contributed by atoms with Crippen LogP contribution < -0.4 is 15.4 Å². The standard InChI is InChI=1S/C35H37FN5O3/c1-2-6-23-10-12-24(13-11-23)25-7-5-9-30(19-25)44-35-31(20-26(36)22-37-35)33(42)38-27-14-16-28(17-15-27)39-34(43)32-21-29-8-3-4-18-41(29)40-32/h5,7,9-13,19-22,27-28H,1-4,6,8,14-18H2,(H,38,42)(H,39,43). The maximum absolute atomic E-state index is 14.2. The Hall–Kier alpha value is -4.53. The first-order valence-electron chi connectivity index (χ1n) is 15.5. The maximum atomic E-state index is 14.2. The molecule has 2 amide bonds. The molecule has 4 aromatic rings. The van der Waals surface area contributed by atoms with E-state index in [1.54, 1.807) is 6.07 Å². The lowest BCUT2D eigenvalue weighted by Crippen LogP contribution is -2.44. The molecule has 3 heterocycles. The summed E-state index contributed by atoms with van der Waals surface area (Å²) in [5.74, 6) is -0.684. The monoisotopic (exact) mass is 594 g/mol. The number of fused-ring (bicyclic) bond motifs is 1. The molecule has 2 N–H and O–H groups in total. The second-order valence-corrected chi connectivity index (χ2v) is 11.6. The highest BCUT2D eigenvalue weighted by Crippen LogP contribution is 2.29. The second-order valence-electron chi connectivity index (χ2n) is 11.6. The number of nitrogens with one attached hydrogen (secondary N) is 2. The summed E-state index contributed by atoms with van der Waals surface area (Å²) in [4.78, 5) is 30.2. The maximum Gasteiger partial charge on any atom is 0.272 e. The SMILES string of the molecule is [CH2]CCc1ccc(-c2cccc(Oc3ncc(F)cc3C(=O)NC3CCC(NC(=O)c4cc5n(n4)CCCC5)CC3)c2)cc1. The van der Waals surface area contributed by atoms with Crippen molar-refractivity contribution in [1.82, 2.24) is 25.4 Å². The number of carbonyl (C=O) groups is 2. The van der Waals surface area contributed by atoms with E-state index in [1.165, 1.54) is 5.56 Å². The van der Waals surface area contributed by atoms with Crippen molar-refractivity contribution in [3.8, 4) is 22.8 Å². The van der Waals surface area contributed by atoms with Gasteiger partial charge in [0.25, 0.3) is 11.8 Å². The van der Waals surface area contributed by atoms with Crippen LogP contribution in [0.1, 0.15) is 77.0 Å². The normalized spacial score (nSPS) is 17.9. The van der Waals surface area contributed by atoms with Crippen molar-refractivity contribution in [2.45, 2.75) is 76.4 Å². The van der Waals surface area contributed by atoms with Gasteiger partial charge in [-0.1, -0.05) is 43.3 Å². The first-order chi connectivity index (χ1) is 21.4. The zero-order chi connectivity index (χ0) is 30.5. The second kappa shape index (κ2) is 13.4. The minimum Gasteiger partial charge on any atom is -0.438 e. The molecular weight excluding hydrogens is 557 g/mol. The third kappa shape index (κ3) is 6.98. The molecule has 1 fully saturated rings. The van der Waals surface area contributed by atoms with E-state index in [2.05, 4.69) is 51.9 Å².